The van der Waals surface area contributed by atoms with Crippen LogP contribution in [-0.2, 0) is 4.74 Å². The van der Waals surface area contributed by atoms with E-state index in [2.05, 4.69) is 19.9 Å². The standard InChI is InChI=1S/C11H10ClN3O2/c1-17-11(16)7-4-6(12)8-9(5-2-3-5)14-15-10(8)13-7/h4-5H,2-3H2,1H3,(H,13,14,15). The predicted octanol–water partition coefficient (Wildman–Crippen LogP) is 2.28. The summed E-state index contributed by atoms with van der Waals surface area (Å²) in [6.45, 7) is 0. The Balaban J connectivity index is 2.18. The summed E-state index contributed by atoms with van der Waals surface area (Å²) in [5, 5.41) is 8.35. The summed E-state index contributed by atoms with van der Waals surface area (Å²) in [7, 11) is 1.31. The molecular weight excluding hydrogens is 242 g/mol. The van der Waals surface area contributed by atoms with Gasteiger partial charge in [-0.3, -0.25) is 5.10 Å². The Labute approximate surface area is 102 Å². The highest BCUT2D eigenvalue weighted by Gasteiger charge is 2.29. The second-order valence-corrected chi connectivity index (χ2v) is 4.50. The fourth-order valence-electron chi connectivity index (χ4n) is 1.88. The first-order valence-electron chi connectivity index (χ1n) is 5.33. The van der Waals surface area contributed by atoms with E-state index in [1.54, 1.807) is 0 Å². The molecule has 0 aromatic carbocycles. The van der Waals surface area contributed by atoms with Crippen molar-refractivity contribution in [3.8, 4) is 0 Å². The van der Waals surface area contributed by atoms with Gasteiger partial charge in [-0.05, 0) is 18.9 Å². The second kappa shape index (κ2) is 3.70. The molecule has 3 rings (SSSR count). The lowest BCUT2D eigenvalue weighted by Crippen LogP contribution is -2.04. The molecule has 1 fully saturated rings. The summed E-state index contributed by atoms with van der Waals surface area (Å²) in [6, 6.07) is 1.52. The molecule has 0 unspecified atom stereocenters. The summed E-state index contributed by atoms with van der Waals surface area (Å²) >= 11 is 6.17. The minimum absolute atomic E-state index is 0.179. The molecule has 2 aromatic heterocycles. The summed E-state index contributed by atoms with van der Waals surface area (Å²) < 4.78 is 4.61. The fraction of sp³-hybridized carbons (Fsp3) is 0.364. The Morgan fingerprint density at radius 2 is 2.35 bits per heavy atom. The molecule has 0 saturated heterocycles. The third-order valence-corrected chi connectivity index (χ3v) is 3.18. The third-order valence-electron chi connectivity index (χ3n) is 2.88. The van der Waals surface area contributed by atoms with Gasteiger partial charge >= 0.3 is 5.97 Å². The number of carbonyl (C=O) groups excluding carboxylic acids is 1. The molecule has 0 spiro atoms. The van der Waals surface area contributed by atoms with Gasteiger partial charge in [-0.15, -0.1) is 0 Å². The number of aromatic nitrogens is 3. The number of carbonyl (C=O) groups is 1. The third kappa shape index (κ3) is 1.67. The number of halogens is 1. The van der Waals surface area contributed by atoms with Crippen LogP contribution in [0.2, 0.25) is 5.02 Å². The lowest BCUT2D eigenvalue weighted by Gasteiger charge is -2.01. The maximum atomic E-state index is 11.4. The minimum Gasteiger partial charge on any atom is -0.464 e. The van der Waals surface area contributed by atoms with Crippen molar-refractivity contribution in [3.63, 3.8) is 0 Å². The number of fused-ring (bicyclic) bond motifs is 1. The maximum absolute atomic E-state index is 11.4. The summed E-state index contributed by atoms with van der Waals surface area (Å²) in [4.78, 5) is 15.5. The van der Waals surface area contributed by atoms with Crippen LogP contribution >= 0.6 is 11.6 Å². The Hall–Kier alpha value is -1.62. The van der Waals surface area contributed by atoms with Gasteiger partial charge in [0.05, 0.1) is 17.5 Å². The molecule has 88 valence electrons. The Morgan fingerprint density at radius 1 is 1.59 bits per heavy atom. The number of rotatable bonds is 2. The van der Waals surface area contributed by atoms with Crippen LogP contribution in [0, 0.1) is 0 Å². The van der Waals surface area contributed by atoms with Gasteiger partial charge in [0.2, 0.25) is 0 Å². The molecular formula is C11H10ClN3O2. The molecule has 1 aliphatic carbocycles. The SMILES string of the molecule is COC(=O)c1cc(Cl)c2c(C3CC3)[nH]nc2n1. The van der Waals surface area contributed by atoms with Gasteiger partial charge in [-0.2, -0.15) is 5.10 Å². The van der Waals surface area contributed by atoms with E-state index in [0.717, 1.165) is 23.9 Å². The average Bonchev–Trinajstić information content (AvgIpc) is 3.08. The van der Waals surface area contributed by atoms with Gasteiger partial charge in [0.25, 0.3) is 0 Å². The van der Waals surface area contributed by atoms with E-state index >= 15 is 0 Å². The van der Waals surface area contributed by atoms with Gasteiger partial charge in [0, 0.05) is 11.6 Å². The van der Waals surface area contributed by atoms with Crippen molar-refractivity contribution in [2.75, 3.05) is 7.11 Å². The Morgan fingerprint density at radius 3 is 3.00 bits per heavy atom. The van der Waals surface area contributed by atoms with Crippen LogP contribution in [0.5, 0.6) is 0 Å². The van der Waals surface area contributed by atoms with Crippen molar-refractivity contribution in [2.24, 2.45) is 0 Å². The zero-order valence-electron chi connectivity index (χ0n) is 9.16. The Kier molecular flexibility index (Phi) is 2.29. The summed E-state index contributed by atoms with van der Waals surface area (Å²) in [6.07, 6.45) is 2.29. The van der Waals surface area contributed by atoms with E-state index in [0.29, 0.717) is 16.6 Å². The minimum atomic E-state index is -0.509. The average molecular weight is 252 g/mol. The van der Waals surface area contributed by atoms with Crippen LogP contribution in [0.15, 0.2) is 6.07 Å². The molecule has 17 heavy (non-hydrogen) atoms. The van der Waals surface area contributed by atoms with E-state index in [9.17, 15) is 4.79 Å². The van der Waals surface area contributed by atoms with Crippen LogP contribution in [0.3, 0.4) is 0 Å². The first kappa shape index (κ1) is 10.5. The molecule has 1 saturated carbocycles. The highest BCUT2D eigenvalue weighted by molar-refractivity contribution is 6.35. The van der Waals surface area contributed by atoms with Crippen molar-refractivity contribution >= 4 is 28.6 Å². The van der Waals surface area contributed by atoms with Crippen LogP contribution in [0.25, 0.3) is 11.0 Å². The smallest absolute Gasteiger partial charge is 0.356 e. The number of methoxy groups -OCH3 is 1. The molecule has 2 aromatic rings. The molecule has 0 bridgehead atoms. The zero-order valence-corrected chi connectivity index (χ0v) is 9.91. The monoisotopic (exact) mass is 251 g/mol. The molecule has 0 atom stereocenters. The summed E-state index contributed by atoms with van der Waals surface area (Å²) in [5.41, 5.74) is 1.67. The van der Waals surface area contributed by atoms with Gasteiger partial charge in [0.15, 0.2) is 11.3 Å². The molecule has 6 heteroatoms. The topological polar surface area (TPSA) is 67.9 Å². The predicted molar refractivity (Wildman–Crippen MR) is 62.2 cm³/mol. The lowest BCUT2D eigenvalue weighted by molar-refractivity contribution is 0.0594. The van der Waals surface area contributed by atoms with Crippen LogP contribution in [0.1, 0.15) is 34.9 Å². The number of nitrogens with one attached hydrogen (secondary N) is 1. The van der Waals surface area contributed by atoms with E-state index < -0.39 is 5.97 Å². The van der Waals surface area contributed by atoms with Crippen molar-refractivity contribution < 1.29 is 9.53 Å². The zero-order chi connectivity index (χ0) is 12.0. The fourth-order valence-corrected chi connectivity index (χ4v) is 2.17. The van der Waals surface area contributed by atoms with Gasteiger partial charge < -0.3 is 4.74 Å². The molecule has 0 aliphatic heterocycles. The lowest BCUT2D eigenvalue weighted by atomic mass is 10.2. The normalized spacial score (nSPS) is 15.2. The molecule has 0 radical (unpaired) electrons. The van der Waals surface area contributed by atoms with Gasteiger partial charge in [-0.1, -0.05) is 11.6 Å². The van der Waals surface area contributed by atoms with Gasteiger partial charge in [0.1, 0.15) is 0 Å². The molecule has 1 N–H and O–H groups in total. The second-order valence-electron chi connectivity index (χ2n) is 4.09. The number of ether oxygens (including phenoxy) is 1. The van der Waals surface area contributed by atoms with E-state index in [-0.39, 0.29) is 5.69 Å². The highest BCUT2D eigenvalue weighted by atomic mass is 35.5. The van der Waals surface area contributed by atoms with Gasteiger partial charge in [-0.25, -0.2) is 9.78 Å². The van der Waals surface area contributed by atoms with Crippen LogP contribution in [0.4, 0.5) is 0 Å². The van der Waals surface area contributed by atoms with E-state index in [1.807, 2.05) is 0 Å². The Bertz CT molecular complexity index is 604. The maximum Gasteiger partial charge on any atom is 0.356 e. The highest BCUT2D eigenvalue weighted by Crippen LogP contribution is 2.43. The van der Waals surface area contributed by atoms with Crippen LogP contribution in [-0.4, -0.2) is 28.3 Å². The first-order valence-corrected chi connectivity index (χ1v) is 5.71. The van der Waals surface area contributed by atoms with Crippen molar-refractivity contribution in [2.45, 2.75) is 18.8 Å². The number of hydrogen-bond donors (Lipinski definition) is 1. The quantitative estimate of drug-likeness (QED) is 0.832. The van der Waals surface area contributed by atoms with Crippen molar-refractivity contribution in [1.82, 2.24) is 15.2 Å². The molecule has 1 aliphatic rings. The number of hydrogen-bond acceptors (Lipinski definition) is 4. The first-order chi connectivity index (χ1) is 8.20. The molecule has 2 heterocycles. The van der Waals surface area contributed by atoms with Crippen LogP contribution < -0.4 is 0 Å². The number of H-pyrrole nitrogens is 1. The van der Waals surface area contributed by atoms with Crippen molar-refractivity contribution in [3.05, 3.63) is 22.5 Å². The van der Waals surface area contributed by atoms with E-state index in [1.165, 1.54) is 13.2 Å². The van der Waals surface area contributed by atoms with Crippen molar-refractivity contribution in [1.29, 1.82) is 0 Å². The largest absolute Gasteiger partial charge is 0.464 e. The molecule has 5 nitrogen and oxygen atoms in total. The number of nitrogens with zero attached hydrogens (tertiary/aromatic N) is 2. The number of aromatic amines is 1. The van der Waals surface area contributed by atoms with E-state index in [4.69, 9.17) is 11.6 Å². The number of esters is 1. The summed E-state index contributed by atoms with van der Waals surface area (Å²) in [5.74, 6) is -0.00644. The number of pyridine rings is 1. The molecule has 0 amide bonds.